The minimum atomic E-state index is -3.90. The number of rotatable bonds is 3. The Bertz CT molecular complexity index is 339. The molecule has 78 valence electrons. The summed E-state index contributed by atoms with van der Waals surface area (Å²) in [6.45, 7) is 3.81. The molecule has 0 saturated heterocycles. The second-order valence-corrected chi connectivity index (χ2v) is 5.35. The van der Waals surface area contributed by atoms with Crippen LogP contribution in [-0.4, -0.2) is 15.9 Å². The maximum Gasteiger partial charge on any atom is 0.326 e. The highest BCUT2D eigenvalue weighted by Gasteiger charge is 2.18. The van der Waals surface area contributed by atoms with Crippen molar-refractivity contribution in [1.82, 2.24) is 0 Å². The zero-order valence-corrected chi connectivity index (χ0v) is 9.24. The normalized spacial score (nSPS) is 14.0. The molecule has 0 radical (unpaired) electrons. The third-order valence-corrected chi connectivity index (χ3v) is 3.18. The van der Waals surface area contributed by atoms with E-state index in [9.17, 15) is 4.57 Å². The number of benzene rings is 1. The molecule has 0 fully saturated rings. The van der Waals surface area contributed by atoms with Gasteiger partial charge in [-0.25, -0.2) is 0 Å². The molecule has 3 nitrogen and oxygen atoms in total. The van der Waals surface area contributed by atoms with Gasteiger partial charge in [0.2, 0.25) is 0 Å². The first-order valence-electron chi connectivity index (χ1n) is 4.49. The standard InChI is InChI=1S/C10H15O3P/c1-8-3-5-10(6-4-8)9(2)7-14(11,12)13/h3-6,9H,7H2,1-2H3,(H2,11,12,13). The van der Waals surface area contributed by atoms with Gasteiger partial charge in [-0.15, -0.1) is 0 Å². The Morgan fingerprint density at radius 1 is 1.29 bits per heavy atom. The summed E-state index contributed by atoms with van der Waals surface area (Å²) in [5, 5.41) is 0. The summed E-state index contributed by atoms with van der Waals surface area (Å²) in [5.74, 6) is -0.101. The molecule has 0 aliphatic rings. The van der Waals surface area contributed by atoms with E-state index in [4.69, 9.17) is 9.79 Å². The third kappa shape index (κ3) is 3.62. The summed E-state index contributed by atoms with van der Waals surface area (Å²) in [7, 11) is -3.90. The van der Waals surface area contributed by atoms with Crippen LogP contribution in [0.2, 0.25) is 0 Å². The first-order valence-corrected chi connectivity index (χ1v) is 6.29. The van der Waals surface area contributed by atoms with E-state index in [1.807, 2.05) is 38.1 Å². The monoisotopic (exact) mass is 214 g/mol. The van der Waals surface area contributed by atoms with Crippen molar-refractivity contribution in [3.05, 3.63) is 35.4 Å². The molecule has 1 aromatic rings. The summed E-state index contributed by atoms with van der Waals surface area (Å²) < 4.78 is 10.8. The summed E-state index contributed by atoms with van der Waals surface area (Å²) >= 11 is 0. The van der Waals surface area contributed by atoms with E-state index in [2.05, 4.69) is 0 Å². The van der Waals surface area contributed by atoms with Crippen LogP contribution in [0.5, 0.6) is 0 Å². The molecule has 1 rings (SSSR count). The largest absolute Gasteiger partial charge is 0.326 e. The van der Waals surface area contributed by atoms with E-state index in [-0.39, 0.29) is 12.1 Å². The van der Waals surface area contributed by atoms with Gasteiger partial charge in [0.15, 0.2) is 0 Å². The van der Waals surface area contributed by atoms with Gasteiger partial charge in [0.25, 0.3) is 0 Å². The smallest absolute Gasteiger partial charge is 0.324 e. The van der Waals surface area contributed by atoms with E-state index in [1.165, 1.54) is 0 Å². The maximum absolute atomic E-state index is 10.8. The van der Waals surface area contributed by atoms with Gasteiger partial charge in [0.05, 0.1) is 6.16 Å². The lowest BCUT2D eigenvalue weighted by Crippen LogP contribution is -2.00. The predicted molar refractivity (Wildman–Crippen MR) is 56.5 cm³/mol. The quantitative estimate of drug-likeness (QED) is 0.759. The number of hydrogen-bond donors (Lipinski definition) is 2. The van der Waals surface area contributed by atoms with Gasteiger partial charge in [0, 0.05) is 0 Å². The van der Waals surface area contributed by atoms with Crippen LogP contribution in [0, 0.1) is 6.92 Å². The molecule has 1 unspecified atom stereocenters. The fourth-order valence-corrected chi connectivity index (χ4v) is 2.28. The summed E-state index contributed by atoms with van der Waals surface area (Å²) in [6.07, 6.45) is -0.0872. The van der Waals surface area contributed by atoms with Crippen LogP contribution in [0.4, 0.5) is 0 Å². The van der Waals surface area contributed by atoms with Crippen LogP contribution in [0.1, 0.15) is 24.0 Å². The highest BCUT2D eigenvalue weighted by molar-refractivity contribution is 7.51. The molecular formula is C10H15O3P. The fraction of sp³-hybridized carbons (Fsp3) is 0.400. The lowest BCUT2D eigenvalue weighted by Gasteiger charge is -2.12. The summed E-state index contributed by atoms with van der Waals surface area (Å²) in [6, 6.07) is 7.72. The van der Waals surface area contributed by atoms with Gasteiger partial charge in [-0.05, 0) is 18.4 Å². The lowest BCUT2D eigenvalue weighted by atomic mass is 10.0. The Balaban J connectivity index is 2.75. The van der Waals surface area contributed by atoms with Crippen LogP contribution >= 0.6 is 7.60 Å². The topological polar surface area (TPSA) is 57.5 Å². The van der Waals surface area contributed by atoms with Crippen LogP contribution in [-0.2, 0) is 4.57 Å². The van der Waals surface area contributed by atoms with Crippen molar-refractivity contribution in [3.63, 3.8) is 0 Å². The van der Waals surface area contributed by atoms with Gasteiger partial charge in [0.1, 0.15) is 0 Å². The Labute approximate surface area is 83.9 Å². The van der Waals surface area contributed by atoms with Crippen molar-refractivity contribution in [2.45, 2.75) is 19.8 Å². The van der Waals surface area contributed by atoms with Crippen molar-refractivity contribution in [2.24, 2.45) is 0 Å². The van der Waals surface area contributed by atoms with Crippen molar-refractivity contribution in [2.75, 3.05) is 6.16 Å². The van der Waals surface area contributed by atoms with Crippen LogP contribution in [0.15, 0.2) is 24.3 Å². The van der Waals surface area contributed by atoms with E-state index in [0.717, 1.165) is 11.1 Å². The molecular weight excluding hydrogens is 199 g/mol. The number of aryl methyl sites for hydroxylation is 1. The molecule has 0 aromatic heterocycles. The molecule has 14 heavy (non-hydrogen) atoms. The summed E-state index contributed by atoms with van der Waals surface area (Å²) in [4.78, 5) is 17.6. The van der Waals surface area contributed by atoms with E-state index >= 15 is 0 Å². The molecule has 0 heterocycles. The Morgan fingerprint density at radius 2 is 1.79 bits per heavy atom. The van der Waals surface area contributed by atoms with Crippen molar-refractivity contribution >= 4 is 7.60 Å². The van der Waals surface area contributed by atoms with Crippen molar-refractivity contribution < 1.29 is 14.4 Å². The molecule has 4 heteroatoms. The molecule has 0 saturated carbocycles. The molecule has 0 amide bonds. The van der Waals surface area contributed by atoms with Gasteiger partial charge in [-0.1, -0.05) is 36.8 Å². The minimum Gasteiger partial charge on any atom is -0.324 e. The SMILES string of the molecule is Cc1ccc(C(C)CP(=O)(O)O)cc1. The fourth-order valence-electron chi connectivity index (χ4n) is 1.36. The minimum absolute atomic E-state index is 0.0872. The summed E-state index contributed by atoms with van der Waals surface area (Å²) in [5.41, 5.74) is 2.12. The van der Waals surface area contributed by atoms with Crippen LogP contribution in [0.25, 0.3) is 0 Å². The maximum atomic E-state index is 10.8. The van der Waals surface area contributed by atoms with Gasteiger partial charge in [-0.2, -0.15) is 0 Å². The van der Waals surface area contributed by atoms with E-state index in [1.54, 1.807) is 0 Å². The van der Waals surface area contributed by atoms with E-state index < -0.39 is 7.60 Å². The van der Waals surface area contributed by atoms with Crippen molar-refractivity contribution in [1.29, 1.82) is 0 Å². The molecule has 1 aromatic carbocycles. The molecule has 0 spiro atoms. The van der Waals surface area contributed by atoms with E-state index in [0.29, 0.717) is 0 Å². The second kappa shape index (κ2) is 4.26. The first kappa shape index (κ1) is 11.4. The third-order valence-electron chi connectivity index (χ3n) is 2.16. The molecule has 0 aliphatic heterocycles. The highest BCUT2D eigenvalue weighted by atomic mass is 31.2. The van der Waals surface area contributed by atoms with Crippen molar-refractivity contribution in [3.8, 4) is 0 Å². The molecule has 2 N–H and O–H groups in total. The van der Waals surface area contributed by atoms with Gasteiger partial charge >= 0.3 is 7.60 Å². The zero-order valence-electron chi connectivity index (χ0n) is 8.34. The Morgan fingerprint density at radius 3 is 2.21 bits per heavy atom. The highest BCUT2D eigenvalue weighted by Crippen LogP contribution is 2.39. The second-order valence-electron chi connectivity index (χ2n) is 3.66. The molecule has 0 bridgehead atoms. The predicted octanol–water partition coefficient (Wildman–Crippen LogP) is 2.28. The average molecular weight is 214 g/mol. The van der Waals surface area contributed by atoms with Gasteiger partial charge in [-0.3, -0.25) is 4.57 Å². The zero-order chi connectivity index (χ0) is 10.8. The Kier molecular flexibility index (Phi) is 3.48. The first-order chi connectivity index (χ1) is 6.38. The average Bonchev–Trinajstić information content (AvgIpc) is 2.02. The van der Waals surface area contributed by atoms with Crippen LogP contribution in [0.3, 0.4) is 0 Å². The van der Waals surface area contributed by atoms with Gasteiger partial charge < -0.3 is 9.79 Å². The Hall–Kier alpha value is -0.630. The lowest BCUT2D eigenvalue weighted by molar-refractivity contribution is 0.370. The molecule has 1 atom stereocenters. The molecule has 0 aliphatic carbocycles. The van der Waals surface area contributed by atoms with Crippen LogP contribution < -0.4 is 0 Å². The number of hydrogen-bond acceptors (Lipinski definition) is 1.